The zero-order valence-electron chi connectivity index (χ0n) is 17.6. The molecule has 4 aromatic carbocycles. The third-order valence-electron chi connectivity index (χ3n) is 5.46. The molecule has 0 radical (unpaired) electrons. The molecule has 8 heteroatoms. The van der Waals surface area contributed by atoms with Gasteiger partial charge in [0.1, 0.15) is 0 Å². The largest absolute Gasteiger partial charge is 0.203 e. The summed E-state index contributed by atoms with van der Waals surface area (Å²) in [6.45, 7) is 3.32. The van der Waals surface area contributed by atoms with E-state index in [1.807, 2.05) is 0 Å². The van der Waals surface area contributed by atoms with Crippen molar-refractivity contribution >= 4 is 0 Å². The van der Waals surface area contributed by atoms with Crippen molar-refractivity contribution in [3.63, 3.8) is 0 Å². The minimum Gasteiger partial charge on any atom is -0.203 e. The standard InChI is InChI=1S/C26H14F8/c1-11-3-7-13(8-4-11)15-19(27)23(31)17(24(32)20(15)28)18-25(33)21(29)16(22(30)26(18)34)14-9-5-12(2)6-10-14/h3-10H,1-2H3. The molecule has 0 aliphatic rings. The van der Waals surface area contributed by atoms with Gasteiger partial charge in [0.2, 0.25) is 0 Å². The molecule has 174 valence electrons. The molecule has 0 nitrogen and oxygen atoms in total. The lowest BCUT2D eigenvalue weighted by atomic mass is 9.93. The topological polar surface area (TPSA) is 0 Å². The van der Waals surface area contributed by atoms with Gasteiger partial charge in [0.25, 0.3) is 0 Å². The van der Waals surface area contributed by atoms with Crippen LogP contribution in [-0.4, -0.2) is 0 Å². The van der Waals surface area contributed by atoms with Crippen LogP contribution in [0.4, 0.5) is 35.1 Å². The predicted octanol–water partition coefficient (Wildman–Crippen LogP) is 8.42. The Labute approximate surface area is 189 Å². The molecule has 0 unspecified atom stereocenters. The van der Waals surface area contributed by atoms with Crippen molar-refractivity contribution in [1.29, 1.82) is 0 Å². The van der Waals surface area contributed by atoms with Crippen LogP contribution in [0.25, 0.3) is 33.4 Å². The summed E-state index contributed by atoms with van der Waals surface area (Å²) in [6, 6.07) is 10.4. The van der Waals surface area contributed by atoms with Crippen molar-refractivity contribution in [1.82, 2.24) is 0 Å². The fourth-order valence-electron chi connectivity index (χ4n) is 3.65. The minimum atomic E-state index is -2.20. The monoisotopic (exact) mass is 478 g/mol. The minimum absolute atomic E-state index is 0.252. The van der Waals surface area contributed by atoms with Crippen LogP contribution in [0.3, 0.4) is 0 Å². The first kappa shape index (κ1) is 23.5. The summed E-state index contributed by atoms with van der Waals surface area (Å²) in [7, 11) is 0. The highest BCUT2D eigenvalue weighted by Gasteiger charge is 2.34. The maximum absolute atomic E-state index is 14.9. The molecule has 0 atom stereocenters. The smallest absolute Gasteiger partial charge is 0.170 e. The fourth-order valence-corrected chi connectivity index (χ4v) is 3.65. The molecule has 0 amide bonds. The van der Waals surface area contributed by atoms with Crippen LogP contribution in [0.1, 0.15) is 11.1 Å². The third-order valence-corrected chi connectivity index (χ3v) is 5.46. The Morgan fingerprint density at radius 1 is 0.324 bits per heavy atom. The second kappa shape index (κ2) is 8.59. The molecule has 0 saturated heterocycles. The molecule has 0 spiro atoms. The quantitative estimate of drug-likeness (QED) is 0.205. The van der Waals surface area contributed by atoms with Gasteiger partial charge in [-0.3, -0.25) is 0 Å². The van der Waals surface area contributed by atoms with Gasteiger partial charge in [-0.1, -0.05) is 59.7 Å². The molecule has 34 heavy (non-hydrogen) atoms. The second-order valence-corrected chi connectivity index (χ2v) is 7.74. The maximum atomic E-state index is 14.9. The first-order chi connectivity index (χ1) is 16.0. The highest BCUT2D eigenvalue weighted by Crippen LogP contribution is 2.42. The average molecular weight is 478 g/mol. The van der Waals surface area contributed by atoms with E-state index in [-0.39, 0.29) is 11.1 Å². The first-order valence-corrected chi connectivity index (χ1v) is 9.90. The summed E-state index contributed by atoms with van der Waals surface area (Å²) in [5, 5.41) is 0. The second-order valence-electron chi connectivity index (χ2n) is 7.74. The summed E-state index contributed by atoms with van der Waals surface area (Å²) in [5.74, 6) is -16.7. The Balaban J connectivity index is 2.00. The van der Waals surface area contributed by atoms with E-state index in [0.717, 1.165) is 0 Å². The van der Waals surface area contributed by atoms with E-state index in [9.17, 15) is 35.1 Å². The molecule has 0 fully saturated rings. The number of halogens is 8. The van der Waals surface area contributed by atoms with Crippen molar-refractivity contribution in [2.24, 2.45) is 0 Å². The Bertz CT molecular complexity index is 1250. The van der Waals surface area contributed by atoms with E-state index < -0.39 is 68.8 Å². The van der Waals surface area contributed by atoms with E-state index >= 15 is 0 Å². The lowest BCUT2D eigenvalue weighted by Crippen LogP contribution is -2.09. The summed E-state index contributed by atoms with van der Waals surface area (Å²) in [6.07, 6.45) is 0. The molecule has 4 rings (SSSR count). The summed E-state index contributed by atoms with van der Waals surface area (Å²) < 4.78 is 119. The lowest BCUT2D eigenvalue weighted by Gasteiger charge is -2.16. The molecule has 0 aliphatic heterocycles. The van der Waals surface area contributed by atoms with E-state index in [1.165, 1.54) is 48.5 Å². The van der Waals surface area contributed by atoms with Crippen molar-refractivity contribution in [2.75, 3.05) is 0 Å². The van der Waals surface area contributed by atoms with Gasteiger partial charge in [0.05, 0.1) is 22.3 Å². The normalized spacial score (nSPS) is 11.2. The van der Waals surface area contributed by atoms with Crippen LogP contribution >= 0.6 is 0 Å². The predicted molar refractivity (Wildman–Crippen MR) is 112 cm³/mol. The van der Waals surface area contributed by atoms with Gasteiger partial charge >= 0.3 is 0 Å². The zero-order valence-corrected chi connectivity index (χ0v) is 17.6. The molecule has 0 aromatic heterocycles. The first-order valence-electron chi connectivity index (χ1n) is 9.90. The van der Waals surface area contributed by atoms with E-state index in [4.69, 9.17) is 0 Å². The molecule has 0 aliphatic carbocycles. The van der Waals surface area contributed by atoms with Crippen molar-refractivity contribution in [2.45, 2.75) is 13.8 Å². The van der Waals surface area contributed by atoms with Crippen LogP contribution < -0.4 is 0 Å². The highest BCUT2D eigenvalue weighted by atomic mass is 19.2. The molecule has 0 N–H and O–H groups in total. The number of rotatable bonds is 3. The molecular weight excluding hydrogens is 464 g/mol. The number of benzene rings is 4. The SMILES string of the molecule is Cc1ccc(-c2c(F)c(F)c(-c3c(F)c(F)c(-c4ccc(C)cc4)c(F)c3F)c(F)c2F)cc1. The van der Waals surface area contributed by atoms with Gasteiger partial charge < -0.3 is 0 Å². The van der Waals surface area contributed by atoms with Crippen LogP contribution in [0.15, 0.2) is 48.5 Å². The Morgan fingerprint density at radius 3 is 0.765 bits per heavy atom. The van der Waals surface area contributed by atoms with E-state index in [2.05, 4.69) is 0 Å². The van der Waals surface area contributed by atoms with Gasteiger partial charge in [-0.15, -0.1) is 0 Å². The van der Waals surface area contributed by atoms with Gasteiger partial charge in [0.15, 0.2) is 46.5 Å². The van der Waals surface area contributed by atoms with Gasteiger partial charge in [-0.25, -0.2) is 35.1 Å². The Hall–Kier alpha value is -3.68. The zero-order chi connectivity index (χ0) is 24.9. The molecule has 4 aromatic rings. The summed E-state index contributed by atoms with van der Waals surface area (Å²) in [5.41, 5.74) is -5.18. The summed E-state index contributed by atoms with van der Waals surface area (Å²) >= 11 is 0. The fraction of sp³-hybridized carbons (Fsp3) is 0.0769. The number of hydrogen-bond acceptors (Lipinski definition) is 0. The van der Waals surface area contributed by atoms with E-state index in [0.29, 0.717) is 11.1 Å². The van der Waals surface area contributed by atoms with Gasteiger partial charge in [0, 0.05) is 0 Å². The number of hydrogen-bond donors (Lipinski definition) is 0. The maximum Gasteiger partial charge on any atom is 0.170 e. The van der Waals surface area contributed by atoms with E-state index in [1.54, 1.807) is 13.8 Å². The van der Waals surface area contributed by atoms with Crippen LogP contribution in [0.2, 0.25) is 0 Å². The number of aryl methyl sites for hydroxylation is 2. The van der Waals surface area contributed by atoms with Crippen molar-refractivity contribution in [3.05, 3.63) is 106 Å². The van der Waals surface area contributed by atoms with Crippen molar-refractivity contribution in [3.8, 4) is 33.4 Å². The van der Waals surface area contributed by atoms with Crippen LogP contribution in [0, 0.1) is 60.4 Å². The van der Waals surface area contributed by atoms with Crippen LogP contribution in [-0.2, 0) is 0 Å². The van der Waals surface area contributed by atoms with Crippen molar-refractivity contribution < 1.29 is 35.1 Å². The lowest BCUT2D eigenvalue weighted by molar-refractivity contribution is 0.446. The molecule has 0 saturated carbocycles. The van der Waals surface area contributed by atoms with Crippen LogP contribution in [0.5, 0.6) is 0 Å². The molecular formula is C26H14F8. The average Bonchev–Trinajstić information content (AvgIpc) is 2.81. The third kappa shape index (κ3) is 3.63. The van der Waals surface area contributed by atoms with Gasteiger partial charge in [-0.05, 0) is 25.0 Å². The Morgan fingerprint density at radius 2 is 0.529 bits per heavy atom. The van der Waals surface area contributed by atoms with Gasteiger partial charge in [-0.2, -0.15) is 0 Å². The molecule has 0 bridgehead atoms. The highest BCUT2D eigenvalue weighted by molar-refractivity contribution is 5.77. The molecule has 0 heterocycles. The Kier molecular flexibility index (Phi) is 5.93. The summed E-state index contributed by atoms with van der Waals surface area (Å²) in [4.78, 5) is 0.